The normalized spacial score (nSPS) is 12.7. The molecule has 0 aliphatic rings. The van der Waals surface area contributed by atoms with Gasteiger partial charge in [-0.05, 0) is 36.8 Å². The molecule has 0 radical (unpaired) electrons. The number of ether oxygens (including phenoxy) is 1. The highest BCUT2D eigenvalue weighted by Gasteiger charge is 2.71. The zero-order valence-electron chi connectivity index (χ0n) is 16.2. The molecule has 0 fully saturated rings. The molecule has 0 saturated carbocycles. The number of para-hydroxylation sites is 1. The van der Waals surface area contributed by atoms with Crippen molar-refractivity contribution in [1.29, 1.82) is 0 Å². The minimum Gasteiger partial charge on any atom is -0.507 e. The first-order chi connectivity index (χ1) is 14.7. The molecule has 0 unspecified atom stereocenters. The fourth-order valence-corrected chi connectivity index (χ4v) is 2.81. The van der Waals surface area contributed by atoms with E-state index < -0.39 is 35.1 Å². The maximum absolute atomic E-state index is 12.9. The van der Waals surface area contributed by atoms with Crippen molar-refractivity contribution >= 4 is 16.9 Å². The minimum absolute atomic E-state index is 0.110. The summed E-state index contributed by atoms with van der Waals surface area (Å²) in [4.78, 5) is 24.1. The molecule has 11 heteroatoms. The van der Waals surface area contributed by atoms with Gasteiger partial charge in [0.05, 0.1) is 16.5 Å². The van der Waals surface area contributed by atoms with Gasteiger partial charge in [-0.3, -0.25) is 0 Å². The molecule has 3 rings (SSSR count). The van der Waals surface area contributed by atoms with E-state index in [1.165, 1.54) is 24.3 Å². The Labute approximate surface area is 175 Å². The fourth-order valence-electron chi connectivity index (χ4n) is 2.81. The van der Waals surface area contributed by atoms with E-state index in [2.05, 4.69) is 4.74 Å². The molecule has 1 N–H and O–H groups in total. The number of rotatable bonds is 4. The number of aromatic hydroxyl groups is 1. The highest BCUT2D eigenvalue weighted by molar-refractivity contribution is 5.90. The van der Waals surface area contributed by atoms with Gasteiger partial charge in [0.25, 0.3) is 5.60 Å². The van der Waals surface area contributed by atoms with Gasteiger partial charge >= 0.3 is 23.9 Å². The molecule has 170 valence electrons. The van der Waals surface area contributed by atoms with E-state index in [9.17, 15) is 41.0 Å². The summed E-state index contributed by atoms with van der Waals surface area (Å²) >= 11 is 0. The lowest BCUT2D eigenvalue weighted by Gasteiger charge is -2.33. The number of carbonyl (C=O) groups is 1. The Morgan fingerprint density at radius 2 is 1.53 bits per heavy atom. The summed E-state index contributed by atoms with van der Waals surface area (Å²) < 4.78 is 86.4. The minimum atomic E-state index is -5.89. The molecule has 0 spiro atoms. The van der Waals surface area contributed by atoms with E-state index in [1.807, 2.05) is 0 Å². The maximum atomic E-state index is 12.9. The van der Waals surface area contributed by atoms with Gasteiger partial charge in [-0.25, -0.2) is 9.59 Å². The summed E-state index contributed by atoms with van der Waals surface area (Å²) in [6.45, 7) is -0.277. The van der Waals surface area contributed by atoms with Crippen LogP contribution in [0.4, 0.5) is 26.3 Å². The van der Waals surface area contributed by atoms with Crippen molar-refractivity contribution in [2.24, 2.45) is 0 Å². The SMILES string of the molecule is CC(OC(=O)c1ccc(Cc2c(O)c3ccccc3oc2=O)cc1)(C(F)(F)F)C(F)(F)F. The van der Waals surface area contributed by atoms with Gasteiger partial charge in [-0.15, -0.1) is 0 Å². The zero-order chi connectivity index (χ0) is 23.9. The first kappa shape index (κ1) is 23.2. The van der Waals surface area contributed by atoms with Crippen molar-refractivity contribution < 1.29 is 45.4 Å². The van der Waals surface area contributed by atoms with Gasteiger partial charge in [-0.1, -0.05) is 24.3 Å². The van der Waals surface area contributed by atoms with Crippen molar-refractivity contribution in [3.8, 4) is 5.75 Å². The van der Waals surface area contributed by atoms with Crippen LogP contribution in [0.25, 0.3) is 11.0 Å². The number of hydrogen-bond donors (Lipinski definition) is 1. The van der Waals surface area contributed by atoms with E-state index in [4.69, 9.17) is 4.42 Å². The number of alkyl halides is 6. The molecular weight excluding hydrogens is 446 g/mol. The lowest BCUT2D eigenvalue weighted by atomic mass is 10.0. The van der Waals surface area contributed by atoms with Crippen molar-refractivity contribution in [1.82, 2.24) is 0 Å². The summed E-state index contributed by atoms with van der Waals surface area (Å²) in [5.41, 5.74) is -5.70. The average molecular weight is 460 g/mol. The molecule has 2 aromatic carbocycles. The van der Waals surface area contributed by atoms with Crippen LogP contribution in [0.5, 0.6) is 5.75 Å². The summed E-state index contributed by atoms with van der Waals surface area (Å²) in [6.07, 6.45) is -11.9. The molecule has 0 saturated heterocycles. The van der Waals surface area contributed by atoms with E-state index in [1.54, 1.807) is 12.1 Å². The second kappa shape index (κ2) is 7.88. The lowest BCUT2D eigenvalue weighted by molar-refractivity contribution is -0.358. The third kappa shape index (κ3) is 4.14. The van der Waals surface area contributed by atoms with Crippen molar-refractivity contribution in [2.45, 2.75) is 31.3 Å². The molecule has 1 heterocycles. The molecule has 0 bridgehead atoms. The monoisotopic (exact) mass is 460 g/mol. The van der Waals surface area contributed by atoms with Gasteiger partial charge in [-0.2, -0.15) is 26.3 Å². The summed E-state index contributed by atoms with van der Waals surface area (Å²) in [7, 11) is 0. The summed E-state index contributed by atoms with van der Waals surface area (Å²) in [5.74, 6) is -2.16. The molecule has 0 atom stereocenters. The van der Waals surface area contributed by atoms with Crippen molar-refractivity contribution in [3.05, 3.63) is 75.6 Å². The highest BCUT2D eigenvalue weighted by atomic mass is 19.4. The number of fused-ring (bicyclic) bond motifs is 1. The van der Waals surface area contributed by atoms with Gasteiger partial charge < -0.3 is 14.3 Å². The highest BCUT2D eigenvalue weighted by Crippen LogP contribution is 2.45. The van der Waals surface area contributed by atoms with Gasteiger partial charge in [0.15, 0.2) is 0 Å². The van der Waals surface area contributed by atoms with Crippen LogP contribution in [0, 0.1) is 0 Å². The van der Waals surface area contributed by atoms with Gasteiger partial charge in [0.1, 0.15) is 11.3 Å². The fraction of sp³-hybridized carbons (Fsp3) is 0.238. The molecule has 0 amide bonds. The Bertz CT molecular complexity index is 1190. The first-order valence-electron chi connectivity index (χ1n) is 8.94. The van der Waals surface area contributed by atoms with Crippen LogP contribution in [-0.4, -0.2) is 29.0 Å². The van der Waals surface area contributed by atoms with E-state index in [0.29, 0.717) is 5.56 Å². The second-order valence-corrected chi connectivity index (χ2v) is 7.00. The van der Waals surface area contributed by atoms with Crippen molar-refractivity contribution in [3.63, 3.8) is 0 Å². The van der Waals surface area contributed by atoms with Crippen LogP contribution >= 0.6 is 0 Å². The second-order valence-electron chi connectivity index (χ2n) is 7.00. The molecule has 0 aliphatic heterocycles. The Hall–Kier alpha value is -3.50. The number of hydrogen-bond acceptors (Lipinski definition) is 5. The molecule has 1 aromatic heterocycles. The van der Waals surface area contributed by atoms with Gasteiger partial charge in [0.2, 0.25) is 0 Å². The Kier molecular flexibility index (Phi) is 5.71. The third-order valence-corrected chi connectivity index (χ3v) is 4.83. The first-order valence-corrected chi connectivity index (χ1v) is 8.94. The number of esters is 1. The van der Waals surface area contributed by atoms with E-state index >= 15 is 0 Å². The zero-order valence-corrected chi connectivity index (χ0v) is 16.2. The van der Waals surface area contributed by atoms with E-state index in [0.717, 1.165) is 12.1 Å². The predicted octanol–water partition coefficient (Wildman–Crippen LogP) is 5.13. The molecular formula is C21H14F6O5. The van der Waals surface area contributed by atoms with Crippen molar-refractivity contribution in [2.75, 3.05) is 0 Å². The van der Waals surface area contributed by atoms with Crippen LogP contribution in [0.2, 0.25) is 0 Å². The van der Waals surface area contributed by atoms with Crippen LogP contribution in [0.15, 0.2) is 57.7 Å². The summed E-state index contributed by atoms with van der Waals surface area (Å²) in [5, 5.41) is 10.6. The average Bonchev–Trinajstić information content (AvgIpc) is 2.70. The third-order valence-electron chi connectivity index (χ3n) is 4.83. The molecule has 3 aromatic rings. The van der Waals surface area contributed by atoms with Crippen LogP contribution in [-0.2, 0) is 11.2 Å². The number of benzene rings is 2. The smallest absolute Gasteiger partial charge is 0.437 e. The predicted molar refractivity (Wildman–Crippen MR) is 99.3 cm³/mol. The Morgan fingerprint density at radius 1 is 0.969 bits per heavy atom. The topological polar surface area (TPSA) is 76.7 Å². The molecule has 0 aliphatic carbocycles. The lowest BCUT2D eigenvalue weighted by Crippen LogP contribution is -2.57. The maximum Gasteiger partial charge on any atom is 0.437 e. The largest absolute Gasteiger partial charge is 0.507 e. The number of halogens is 6. The van der Waals surface area contributed by atoms with Crippen LogP contribution < -0.4 is 5.63 Å². The summed E-state index contributed by atoms with van der Waals surface area (Å²) in [6, 6.07) is 10.5. The molecule has 5 nitrogen and oxygen atoms in total. The van der Waals surface area contributed by atoms with Crippen LogP contribution in [0.1, 0.15) is 28.4 Å². The Morgan fingerprint density at radius 3 is 2.09 bits per heavy atom. The van der Waals surface area contributed by atoms with E-state index in [-0.39, 0.29) is 35.6 Å². The standard InChI is InChI=1S/C21H14F6O5/c1-19(20(22,23)24,21(25,26)27)32-17(29)12-8-6-11(7-9-12)10-14-16(28)13-4-2-3-5-15(13)31-18(14)30/h2-9,28H,10H2,1H3. The Balaban J connectivity index is 1.85. The van der Waals surface area contributed by atoms with Crippen LogP contribution in [0.3, 0.4) is 0 Å². The number of carbonyl (C=O) groups excluding carboxylic acids is 1. The molecule has 32 heavy (non-hydrogen) atoms. The quantitative estimate of drug-likeness (QED) is 0.332. The van der Waals surface area contributed by atoms with Gasteiger partial charge in [0, 0.05) is 6.42 Å².